The highest BCUT2D eigenvalue weighted by Crippen LogP contribution is 2.40. The van der Waals surface area contributed by atoms with E-state index >= 15 is 0 Å². The average Bonchev–Trinajstić information content (AvgIpc) is 3.72. The van der Waals surface area contributed by atoms with Gasteiger partial charge in [0.05, 0.1) is 17.7 Å². The number of halogens is 4. The Morgan fingerprint density at radius 3 is 2.43 bits per heavy atom. The molecule has 2 heterocycles. The van der Waals surface area contributed by atoms with E-state index in [9.17, 15) is 27.9 Å². The number of carboxylic acids is 1. The molecule has 1 saturated heterocycles. The molecule has 1 aliphatic rings. The summed E-state index contributed by atoms with van der Waals surface area (Å²) in [5.74, 6) is -0.394. The van der Waals surface area contributed by atoms with Gasteiger partial charge in [-0.15, -0.1) is 0 Å². The van der Waals surface area contributed by atoms with Crippen LogP contribution in [0.2, 0.25) is 5.02 Å². The molecule has 0 unspecified atom stereocenters. The van der Waals surface area contributed by atoms with Gasteiger partial charge in [0.25, 0.3) is 0 Å². The molecule has 0 amide bonds. The molecule has 0 saturated carbocycles. The van der Waals surface area contributed by atoms with Crippen molar-refractivity contribution in [3.05, 3.63) is 105 Å². The van der Waals surface area contributed by atoms with Crippen LogP contribution in [0.4, 0.5) is 13.2 Å². The maximum absolute atomic E-state index is 14.4. The van der Waals surface area contributed by atoms with E-state index in [4.69, 9.17) is 20.8 Å². The van der Waals surface area contributed by atoms with Crippen molar-refractivity contribution in [2.45, 2.75) is 45.5 Å². The molecule has 0 aliphatic carbocycles. The van der Waals surface area contributed by atoms with Gasteiger partial charge in [-0.3, -0.25) is 14.5 Å². The number of ether oxygens (including phenoxy) is 1. The zero-order chi connectivity index (χ0) is 35.0. The molecule has 4 aromatic carbocycles. The molecule has 1 atom stereocenters. The number of carboxylic acid groups (broad SMARTS) is 1. The number of likely N-dealkylation sites (tertiary alicyclic amines) is 1. The summed E-state index contributed by atoms with van der Waals surface area (Å²) in [6, 6.07) is 16.1. The first-order chi connectivity index (χ1) is 23.4. The molecular formula is C38H32ClF3N2O5. The summed E-state index contributed by atoms with van der Waals surface area (Å²) in [6.45, 7) is 4.35. The molecular weight excluding hydrogens is 657 g/mol. The first kappa shape index (κ1) is 34.0. The lowest BCUT2D eigenvalue weighted by atomic mass is 9.91. The number of carbonyl (C=O) groups excluding carboxylic acids is 1. The van der Waals surface area contributed by atoms with Crippen molar-refractivity contribution in [3.8, 4) is 28.3 Å². The van der Waals surface area contributed by atoms with Crippen LogP contribution in [0, 0.1) is 13.8 Å². The lowest BCUT2D eigenvalue weighted by molar-refractivity contribution is -0.142. The topological polar surface area (TPSA) is 92.9 Å². The molecule has 252 valence electrons. The van der Waals surface area contributed by atoms with Gasteiger partial charge in [0.15, 0.2) is 5.58 Å². The number of hydrogen-bond donors (Lipinski definition) is 1. The first-order valence-corrected chi connectivity index (χ1v) is 16.0. The molecule has 0 spiro atoms. The minimum atomic E-state index is -4.66. The maximum Gasteiger partial charge on any atom is 0.417 e. The quantitative estimate of drug-likeness (QED) is 0.122. The number of alkyl halides is 3. The minimum absolute atomic E-state index is 0.0309. The summed E-state index contributed by atoms with van der Waals surface area (Å²) in [5, 5.41) is 9.84. The van der Waals surface area contributed by atoms with Crippen molar-refractivity contribution in [3.63, 3.8) is 0 Å². The van der Waals surface area contributed by atoms with Gasteiger partial charge in [-0.25, -0.2) is 4.98 Å². The molecule has 1 N–H and O–H groups in total. The summed E-state index contributed by atoms with van der Waals surface area (Å²) in [4.78, 5) is 29.3. The monoisotopic (exact) mass is 688 g/mol. The standard InChI is InChI=1S/C38H32ClF3N2O5/c1-21-24(12-13-25-18-34(48-3)26(17-30(25)38(40,41)42)19-44-14-6-11-33(44)37(46)47)7-4-8-27(21)28-9-5-10-29(22(28)2)36-43-32-16-23(20-45)15-31(39)35(32)49-36/h4-5,7-10,12-13,15-18,20,33H,6,11,14,19H2,1-3H3,(H,46,47)/b13-12+/t33-/m0/s1. The van der Waals surface area contributed by atoms with Crippen LogP contribution < -0.4 is 4.74 Å². The third-order valence-electron chi connectivity index (χ3n) is 9.06. The summed E-state index contributed by atoms with van der Waals surface area (Å²) < 4.78 is 54.7. The Labute approximate surface area is 285 Å². The molecule has 7 nitrogen and oxygen atoms in total. The Kier molecular flexibility index (Phi) is 9.37. The number of fused-ring (bicyclic) bond motifs is 1. The van der Waals surface area contributed by atoms with E-state index in [2.05, 4.69) is 4.98 Å². The van der Waals surface area contributed by atoms with Gasteiger partial charge in [-0.1, -0.05) is 54.1 Å². The predicted molar refractivity (Wildman–Crippen MR) is 183 cm³/mol. The molecule has 11 heteroatoms. The highest BCUT2D eigenvalue weighted by atomic mass is 35.5. The van der Waals surface area contributed by atoms with Crippen LogP contribution in [0.1, 0.15) is 56.6 Å². The molecule has 6 rings (SSSR count). The van der Waals surface area contributed by atoms with Crippen LogP contribution >= 0.6 is 11.6 Å². The van der Waals surface area contributed by atoms with Crippen molar-refractivity contribution >= 4 is 47.1 Å². The summed E-state index contributed by atoms with van der Waals surface area (Å²) in [5.41, 5.74) is 5.51. The number of aliphatic carboxylic acids is 1. The van der Waals surface area contributed by atoms with Gasteiger partial charge in [0, 0.05) is 23.2 Å². The van der Waals surface area contributed by atoms with Crippen LogP contribution in [0.5, 0.6) is 5.75 Å². The summed E-state index contributed by atoms with van der Waals surface area (Å²) in [6.07, 6.45) is 0.214. The fourth-order valence-electron chi connectivity index (χ4n) is 6.51. The molecule has 0 bridgehead atoms. The van der Waals surface area contributed by atoms with Crippen molar-refractivity contribution in [1.29, 1.82) is 0 Å². The van der Waals surface area contributed by atoms with Crippen LogP contribution in [0.15, 0.2) is 65.1 Å². The zero-order valence-electron chi connectivity index (χ0n) is 26.9. The molecule has 0 radical (unpaired) electrons. The van der Waals surface area contributed by atoms with E-state index < -0.39 is 23.8 Å². The van der Waals surface area contributed by atoms with Crippen molar-refractivity contribution in [1.82, 2.24) is 9.88 Å². The van der Waals surface area contributed by atoms with E-state index in [0.29, 0.717) is 48.2 Å². The Hall–Kier alpha value is -4.93. The third kappa shape index (κ3) is 6.71. The number of aldehydes is 1. The third-order valence-corrected chi connectivity index (χ3v) is 9.34. The number of carbonyl (C=O) groups is 2. The molecule has 49 heavy (non-hydrogen) atoms. The highest BCUT2D eigenvalue weighted by molar-refractivity contribution is 6.35. The Balaban J connectivity index is 1.35. The van der Waals surface area contributed by atoms with E-state index in [1.165, 1.54) is 25.3 Å². The predicted octanol–water partition coefficient (Wildman–Crippen LogP) is 9.49. The first-order valence-electron chi connectivity index (χ1n) is 15.6. The van der Waals surface area contributed by atoms with Gasteiger partial charge in [0.1, 0.15) is 23.6 Å². The second-order valence-electron chi connectivity index (χ2n) is 12.0. The van der Waals surface area contributed by atoms with Crippen LogP contribution in [-0.4, -0.2) is 46.9 Å². The Morgan fingerprint density at radius 2 is 1.73 bits per heavy atom. The van der Waals surface area contributed by atoms with E-state index in [0.717, 1.165) is 39.4 Å². The summed E-state index contributed by atoms with van der Waals surface area (Å²) >= 11 is 6.34. The number of aromatic nitrogens is 1. The van der Waals surface area contributed by atoms with Gasteiger partial charge in [-0.2, -0.15) is 13.2 Å². The fourth-order valence-corrected chi connectivity index (χ4v) is 6.77. The largest absolute Gasteiger partial charge is 0.496 e. The highest BCUT2D eigenvalue weighted by Gasteiger charge is 2.36. The zero-order valence-corrected chi connectivity index (χ0v) is 27.7. The molecule has 1 aliphatic heterocycles. The maximum atomic E-state index is 14.4. The lowest BCUT2D eigenvalue weighted by Crippen LogP contribution is -2.35. The summed E-state index contributed by atoms with van der Waals surface area (Å²) in [7, 11) is 1.39. The normalized spacial score (nSPS) is 15.4. The van der Waals surface area contributed by atoms with Crippen molar-refractivity contribution < 1.29 is 37.0 Å². The Bertz CT molecular complexity index is 2120. The number of benzene rings is 4. The number of hydrogen-bond acceptors (Lipinski definition) is 6. The van der Waals surface area contributed by atoms with Crippen molar-refractivity contribution in [2.75, 3.05) is 13.7 Å². The SMILES string of the molecule is COc1cc(/C=C/c2cccc(-c3cccc(-c4nc5cc(C=O)cc(Cl)c5o4)c3C)c2C)c(C(F)(F)F)cc1CN1CCC[C@H]1C(=O)O. The van der Waals surface area contributed by atoms with Gasteiger partial charge in [0.2, 0.25) is 5.89 Å². The molecule has 1 aromatic heterocycles. The van der Waals surface area contributed by atoms with E-state index in [1.807, 2.05) is 50.2 Å². The number of nitrogens with zero attached hydrogens (tertiary/aromatic N) is 2. The molecule has 1 fully saturated rings. The second kappa shape index (κ2) is 13.5. The van der Waals surface area contributed by atoms with Crippen LogP contribution in [0.25, 0.3) is 45.8 Å². The van der Waals surface area contributed by atoms with E-state index in [-0.39, 0.29) is 28.4 Å². The van der Waals surface area contributed by atoms with Crippen molar-refractivity contribution in [2.24, 2.45) is 0 Å². The van der Waals surface area contributed by atoms with Crippen LogP contribution in [-0.2, 0) is 17.5 Å². The fraction of sp³-hybridized carbons (Fsp3) is 0.237. The van der Waals surface area contributed by atoms with Gasteiger partial charge >= 0.3 is 12.1 Å². The molecule has 5 aromatic rings. The lowest BCUT2D eigenvalue weighted by Gasteiger charge is -2.23. The number of rotatable bonds is 9. The smallest absolute Gasteiger partial charge is 0.417 e. The average molecular weight is 689 g/mol. The van der Waals surface area contributed by atoms with E-state index in [1.54, 1.807) is 17.0 Å². The van der Waals surface area contributed by atoms with Gasteiger partial charge in [-0.05, 0) is 96.9 Å². The number of oxazole rings is 1. The Morgan fingerprint density at radius 1 is 1.04 bits per heavy atom. The van der Waals surface area contributed by atoms with Crippen LogP contribution in [0.3, 0.4) is 0 Å². The van der Waals surface area contributed by atoms with Gasteiger partial charge < -0.3 is 14.3 Å². The second-order valence-corrected chi connectivity index (χ2v) is 12.4. The minimum Gasteiger partial charge on any atom is -0.496 e. The number of methoxy groups -OCH3 is 1.